The molecule has 0 bridgehead atoms. The van der Waals surface area contributed by atoms with Gasteiger partial charge in [-0.1, -0.05) is 0 Å². The summed E-state index contributed by atoms with van der Waals surface area (Å²) in [4.78, 5) is 26.2. The van der Waals surface area contributed by atoms with Gasteiger partial charge in [0, 0.05) is 71.5 Å². The number of nitrogen functional groups attached to an aromatic ring is 1. The number of nitrogens with zero attached hydrogens (tertiary/aromatic N) is 8. The second-order valence-electron chi connectivity index (χ2n) is 10.7. The average Bonchev–Trinajstić information content (AvgIpc) is 3.79. The summed E-state index contributed by atoms with van der Waals surface area (Å²) in [7, 11) is 1.64. The highest BCUT2D eigenvalue weighted by atomic mass is 19.1. The number of ether oxygens (including phenoxy) is 1. The first-order chi connectivity index (χ1) is 20.8. The molecule has 0 aliphatic carbocycles. The zero-order chi connectivity index (χ0) is 29.8. The van der Waals surface area contributed by atoms with Crippen LogP contribution >= 0.6 is 0 Å². The van der Waals surface area contributed by atoms with Crippen LogP contribution in [0, 0.1) is 11.6 Å². The average molecular weight is 599 g/mol. The van der Waals surface area contributed by atoms with E-state index < -0.39 is 23.9 Å². The molecule has 2 aliphatic rings. The molecule has 43 heavy (non-hydrogen) atoms. The summed E-state index contributed by atoms with van der Waals surface area (Å²) in [6.07, 6.45) is -0.576. The summed E-state index contributed by atoms with van der Waals surface area (Å²) in [5.41, 5.74) is 7.40. The maximum Gasteiger partial charge on any atom is 0.330 e. The second-order valence-corrected chi connectivity index (χ2v) is 10.7. The monoisotopic (exact) mass is 598 g/mol. The van der Waals surface area contributed by atoms with Crippen molar-refractivity contribution in [3.8, 4) is 17.3 Å². The third-order valence-electron chi connectivity index (χ3n) is 8.04. The number of aromatic nitrogens is 6. The highest BCUT2D eigenvalue weighted by Gasteiger charge is 2.30. The Labute approximate surface area is 242 Å². The first kappa shape index (κ1) is 27.3. The van der Waals surface area contributed by atoms with Crippen molar-refractivity contribution in [1.29, 1.82) is 0 Å². The molecule has 7 rings (SSSR count). The standard InChI is InChI=1S/C27H29F3N10O3/c1-36-22-24(34-26(31)40-25(22)33-23(35-40)19-3-2-10-42-19)39(27(36)41)9-6-37-4-7-38(8-5-37)18-12-20(16(29)11-15(18)28)43-21-14-32-13-17(21)30/h2-3,10-12,17,21,32H,4-9,13-14H2,1H3,(H2,31,34)/t17-,21+/m1/s1. The summed E-state index contributed by atoms with van der Waals surface area (Å²) < 4.78 is 58.6. The number of alkyl halides is 1. The fourth-order valence-electron chi connectivity index (χ4n) is 5.71. The smallest absolute Gasteiger partial charge is 0.330 e. The van der Waals surface area contributed by atoms with Gasteiger partial charge in [0.25, 0.3) is 0 Å². The molecule has 226 valence electrons. The minimum Gasteiger partial charge on any atom is -0.483 e. The van der Waals surface area contributed by atoms with Crippen LogP contribution in [-0.2, 0) is 13.6 Å². The van der Waals surface area contributed by atoms with Crippen molar-refractivity contribution in [2.45, 2.75) is 18.8 Å². The van der Waals surface area contributed by atoms with Crippen LogP contribution in [-0.4, -0.2) is 91.7 Å². The summed E-state index contributed by atoms with van der Waals surface area (Å²) in [6, 6.07) is 5.54. The lowest BCUT2D eigenvalue weighted by molar-refractivity contribution is 0.134. The first-order valence-corrected chi connectivity index (χ1v) is 13.9. The molecule has 0 unspecified atom stereocenters. The molecule has 4 aromatic heterocycles. The first-order valence-electron chi connectivity index (χ1n) is 13.9. The fourth-order valence-corrected chi connectivity index (χ4v) is 5.71. The molecule has 0 saturated carbocycles. The van der Waals surface area contributed by atoms with Gasteiger partial charge in [0.05, 0.1) is 12.0 Å². The van der Waals surface area contributed by atoms with E-state index in [1.165, 1.54) is 21.4 Å². The molecule has 3 N–H and O–H groups in total. The normalized spacial score (nSPS) is 19.7. The van der Waals surface area contributed by atoms with Gasteiger partial charge in [-0.2, -0.15) is 9.50 Å². The van der Waals surface area contributed by atoms with E-state index in [1.807, 2.05) is 4.90 Å². The Morgan fingerprint density at radius 3 is 2.63 bits per heavy atom. The number of rotatable bonds is 7. The molecule has 2 saturated heterocycles. The number of halogens is 3. The number of benzene rings is 1. The van der Waals surface area contributed by atoms with E-state index in [-0.39, 0.29) is 36.2 Å². The lowest BCUT2D eigenvalue weighted by atomic mass is 10.2. The number of aryl methyl sites for hydroxylation is 1. The highest BCUT2D eigenvalue weighted by molar-refractivity contribution is 5.88. The molecule has 2 fully saturated rings. The number of hydrogen-bond acceptors (Lipinski definition) is 10. The second kappa shape index (κ2) is 10.6. The van der Waals surface area contributed by atoms with Crippen LogP contribution in [0.5, 0.6) is 5.75 Å². The number of nitrogens with two attached hydrogens (primary N) is 1. The lowest BCUT2D eigenvalue weighted by Gasteiger charge is -2.36. The third kappa shape index (κ3) is 4.75. The van der Waals surface area contributed by atoms with Gasteiger partial charge in [-0.25, -0.2) is 22.9 Å². The molecule has 16 heteroatoms. The van der Waals surface area contributed by atoms with Gasteiger partial charge >= 0.3 is 5.69 Å². The maximum atomic E-state index is 14.8. The van der Waals surface area contributed by atoms with Crippen molar-refractivity contribution in [1.82, 2.24) is 38.9 Å². The van der Waals surface area contributed by atoms with Gasteiger partial charge in [-0.15, -0.1) is 5.10 Å². The molecule has 1 aromatic carbocycles. The molecule has 2 atom stereocenters. The van der Waals surface area contributed by atoms with E-state index in [0.717, 1.165) is 6.07 Å². The minimum absolute atomic E-state index is 0.0803. The number of piperazine rings is 1. The van der Waals surface area contributed by atoms with Crippen LogP contribution in [0.25, 0.3) is 28.4 Å². The number of nitrogens with one attached hydrogen (secondary N) is 1. The number of fused-ring (bicyclic) bond motifs is 3. The van der Waals surface area contributed by atoms with Crippen molar-refractivity contribution in [2.24, 2.45) is 7.05 Å². The number of furan rings is 1. The molecule has 2 aliphatic heterocycles. The minimum atomic E-state index is -1.26. The van der Waals surface area contributed by atoms with Crippen molar-refractivity contribution in [3.05, 3.63) is 52.6 Å². The zero-order valence-corrected chi connectivity index (χ0v) is 23.2. The Kier molecular flexibility index (Phi) is 6.73. The van der Waals surface area contributed by atoms with E-state index in [0.29, 0.717) is 67.7 Å². The summed E-state index contributed by atoms with van der Waals surface area (Å²) in [5.74, 6) is -0.881. The zero-order valence-electron chi connectivity index (χ0n) is 23.2. The summed E-state index contributed by atoms with van der Waals surface area (Å²) >= 11 is 0. The Bertz CT molecular complexity index is 1860. The van der Waals surface area contributed by atoms with Gasteiger partial charge < -0.3 is 25.1 Å². The van der Waals surface area contributed by atoms with Crippen LogP contribution in [0.15, 0.2) is 39.7 Å². The van der Waals surface area contributed by atoms with Gasteiger partial charge in [-0.3, -0.25) is 14.0 Å². The van der Waals surface area contributed by atoms with E-state index in [1.54, 1.807) is 23.7 Å². The van der Waals surface area contributed by atoms with Gasteiger partial charge in [0.2, 0.25) is 11.8 Å². The van der Waals surface area contributed by atoms with Gasteiger partial charge in [0.15, 0.2) is 34.8 Å². The van der Waals surface area contributed by atoms with Crippen LogP contribution < -0.4 is 26.4 Å². The Morgan fingerprint density at radius 1 is 1.09 bits per heavy atom. The topological polar surface area (TPSA) is 137 Å². The fraction of sp³-hybridized carbons (Fsp3) is 0.407. The predicted molar refractivity (Wildman–Crippen MR) is 151 cm³/mol. The van der Waals surface area contributed by atoms with Crippen LogP contribution in [0.1, 0.15) is 0 Å². The van der Waals surface area contributed by atoms with Crippen LogP contribution in [0.3, 0.4) is 0 Å². The molecular formula is C27H29F3N10O3. The molecule has 13 nitrogen and oxygen atoms in total. The number of anilines is 2. The van der Waals surface area contributed by atoms with Crippen molar-refractivity contribution >= 4 is 28.4 Å². The lowest BCUT2D eigenvalue weighted by Crippen LogP contribution is -2.47. The van der Waals surface area contributed by atoms with E-state index in [9.17, 15) is 18.0 Å². The van der Waals surface area contributed by atoms with E-state index in [4.69, 9.17) is 14.9 Å². The van der Waals surface area contributed by atoms with E-state index in [2.05, 4.69) is 25.3 Å². The largest absolute Gasteiger partial charge is 0.483 e. The summed E-state index contributed by atoms with van der Waals surface area (Å²) in [5, 5.41) is 7.25. The van der Waals surface area contributed by atoms with Gasteiger partial charge in [0.1, 0.15) is 17.4 Å². The molecule has 5 aromatic rings. The molecule has 0 spiro atoms. The van der Waals surface area contributed by atoms with E-state index >= 15 is 0 Å². The number of hydrogen-bond donors (Lipinski definition) is 2. The number of imidazole rings is 1. The Hall–Kier alpha value is -4.57. The van der Waals surface area contributed by atoms with Crippen LogP contribution in [0.4, 0.5) is 24.8 Å². The third-order valence-corrected chi connectivity index (χ3v) is 8.04. The molecular weight excluding hydrogens is 569 g/mol. The highest BCUT2D eigenvalue weighted by Crippen LogP contribution is 2.31. The SMILES string of the molecule is Cn1c(=O)n(CCN2CCN(c3cc(O[C@H]4CNC[C@H]4F)c(F)cc3F)CC2)c2nc(N)n3nc(-c4ccco4)nc3c21. The van der Waals surface area contributed by atoms with Crippen molar-refractivity contribution in [3.63, 3.8) is 0 Å². The summed E-state index contributed by atoms with van der Waals surface area (Å²) in [6.45, 7) is 3.31. The maximum absolute atomic E-state index is 14.8. The van der Waals surface area contributed by atoms with Gasteiger partial charge in [-0.05, 0) is 12.1 Å². The molecule has 6 heterocycles. The predicted octanol–water partition coefficient (Wildman–Crippen LogP) is 1.41. The van der Waals surface area contributed by atoms with Crippen molar-refractivity contribution in [2.75, 3.05) is 56.4 Å². The Morgan fingerprint density at radius 2 is 1.91 bits per heavy atom. The van der Waals surface area contributed by atoms with Crippen LogP contribution in [0.2, 0.25) is 0 Å². The van der Waals surface area contributed by atoms with Crippen molar-refractivity contribution < 1.29 is 22.3 Å². The Balaban J connectivity index is 1.06. The molecule has 0 amide bonds. The quantitative estimate of drug-likeness (QED) is 0.283. The molecule has 0 radical (unpaired) electrons.